The predicted molar refractivity (Wildman–Crippen MR) is 91.7 cm³/mol. The average Bonchev–Trinajstić information content (AvgIpc) is 2.52. The molecule has 0 aliphatic carbocycles. The SMILES string of the molecule is CCCNC1CCN(CCCc2ccccc2)C(C)C1C. The Balaban J connectivity index is 1.75. The zero-order valence-corrected chi connectivity index (χ0v) is 14.0. The number of aryl methyl sites for hydroxylation is 1. The lowest BCUT2D eigenvalue weighted by Gasteiger charge is -2.43. The molecule has 1 saturated heterocycles. The molecule has 2 nitrogen and oxygen atoms in total. The van der Waals surface area contributed by atoms with Crippen LogP contribution in [0.2, 0.25) is 0 Å². The van der Waals surface area contributed by atoms with Crippen molar-refractivity contribution in [3.05, 3.63) is 35.9 Å². The summed E-state index contributed by atoms with van der Waals surface area (Å²) < 4.78 is 0. The molecule has 0 radical (unpaired) electrons. The van der Waals surface area contributed by atoms with Crippen molar-refractivity contribution in [2.75, 3.05) is 19.6 Å². The van der Waals surface area contributed by atoms with Crippen LogP contribution in [0.25, 0.3) is 0 Å². The summed E-state index contributed by atoms with van der Waals surface area (Å²) in [5.74, 6) is 0.752. The third-order valence-electron chi connectivity index (χ3n) is 5.11. The molecule has 0 aromatic heterocycles. The molecule has 0 bridgehead atoms. The van der Waals surface area contributed by atoms with E-state index in [0.717, 1.165) is 12.5 Å². The molecule has 1 aliphatic heterocycles. The van der Waals surface area contributed by atoms with Gasteiger partial charge in [0.05, 0.1) is 0 Å². The first-order valence-corrected chi connectivity index (χ1v) is 8.73. The molecule has 118 valence electrons. The van der Waals surface area contributed by atoms with Crippen molar-refractivity contribution < 1.29 is 0 Å². The number of rotatable bonds is 7. The van der Waals surface area contributed by atoms with Crippen LogP contribution < -0.4 is 5.32 Å². The number of nitrogens with zero attached hydrogens (tertiary/aromatic N) is 1. The largest absolute Gasteiger partial charge is 0.314 e. The van der Waals surface area contributed by atoms with Crippen LogP contribution in [0.4, 0.5) is 0 Å². The van der Waals surface area contributed by atoms with Gasteiger partial charge in [-0.05, 0) is 63.7 Å². The first-order chi connectivity index (χ1) is 10.2. The summed E-state index contributed by atoms with van der Waals surface area (Å²) in [4.78, 5) is 2.69. The van der Waals surface area contributed by atoms with Crippen molar-refractivity contribution in [3.63, 3.8) is 0 Å². The normalized spacial score (nSPS) is 26.9. The lowest BCUT2D eigenvalue weighted by molar-refractivity contribution is 0.0841. The minimum Gasteiger partial charge on any atom is -0.314 e. The molecular weight excluding hydrogens is 256 g/mol. The van der Waals surface area contributed by atoms with E-state index in [0.29, 0.717) is 12.1 Å². The molecule has 1 aliphatic rings. The molecule has 3 atom stereocenters. The fourth-order valence-electron chi connectivity index (χ4n) is 3.50. The van der Waals surface area contributed by atoms with Crippen LogP contribution in [-0.4, -0.2) is 36.6 Å². The van der Waals surface area contributed by atoms with E-state index in [4.69, 9.17) is 0 Å². The number of benzene rings is 1. The highest BCUT2D eigenvalue weighted by Gasteiger charge is 2.31. The molecule has 1 aromatic rings. The molecule has 1 N–H and O–H groups in total. The predicted octanol–water partition coefficient (Wildman–Crippen LogP) is 3.72. The van der Waals surface area contributed by atoms with E-state index in [-0.39, 0.29) is 0 Å². The van der Waals surface area contributed by atoms with Crippen molar-refractivity contribution in [2.24, 2.45) is 5.92 Å². The van der Waals surface area contributed by atoms with Crippen LogP contribution in [0.1, 0.15) is 45.6 Å². The molecule has 21 heavy (non-hydrogen) atoms. The molecule has 1 heterocycles. The summed E-state index contributed by atoms with van der Waals surface area (Å²) in [7, 11) is 0. The van der Waals surface area contributed by atoms with Gasteiger partial charge in [0.1, 0.15) is 0 Å². The first kappa shape index (κ1) is 16.5. The zero-order chi connectivity index (χ0) is 15.1. The van der Waals surface area contributed by atoms with E-state index in [2.05, 4.69) is 61.3 Å². The number of likely N-dealkylation sites (tertiary alicyclic amines) is 1. The second-order valence-electron chi connectivity index (χ2n) is 6.57. The highest BCUT2D eigenvalue weighted by molar-refractivity contribution is 5.14. The highest BCUT2D eigenvalue weighted by Crippen LogP contribution is 2.24. The van der Waals surface area contributed by atoms with Gasteiger partial charge in [-0.3, -0.25) is 0 Å². The van der Waals surface area contributed by atoms with Crippen molar-refractivity contribution in [1.82, 2.24) is 10.2 Å². The first-order valence-electron chi connectivity index (χ1n) is 8.73. The number of nitrogens with one attached hydrogen (secondary N) is 1. The summed E-state index contributed by atoms with van der Waals surface area (Å²) in [5, 5.41) is 3.73. The van der Waals surface area contributed by atoms with Gasteiger partial charge in [-0.2, -0.15) is 0 Å². The van der Waals surface area contributed by atoms with E-state index < -0.39 is 0 Å². The Morgan fingerprint density at radius 2 is 1.95 bits per heavy atom. The summed E-state index contributed by atoms with van der Waals surface area (Å²) in [6, 6.07) is 12.3. The van der Waals surface area contributed by atoms with Crippen molar-refractivity contribution in [1.29, 1.82) is 0 Å². The van der Waals surface area contributed by atoms with E-state index in [9.17, 15) is 0 Å². The molecule has 0 saturated carbocycles. The molecule has 2 rings (SSSR count). The van der Waals surface area contributed by atoms with Gasteiger partial charge < -0.3 is 10.2 Å². The van der Waals surface area contributed by atoms with E-state index in [1.165, 1.54) is 44.3 Å². The fraction of sp³-hybridized carbons (Fsp3) is 0.684. The van der Waals surface area contributed by atoms with Crippen LogP contribution >= 0.6 is 0 Å². The summed E-state index contributed by atoms with van der Waals surface area (Å²) in [6.45, 7) is 10.7. The smallest absolute Gasteiger partial charge is 0.0120 e. The molecule has 1 fully saturated rings. The quantitative estimate of drug-likeness (QED) is 0.822. The third-order valence-corrected chi connectivity index (χ3v) is 5.11. The van der Waals surface area contributed by atoms with Crippen LogP contribution in [-0.2, 0) is 6.42 Å². The highest BCUT2D eigenvalue weighted by atomic mass is 15.2. The van der Waals surface area contributed by atoms with Gasteiger partial charge >= 0.3 is 0 Å². The Morgan fingerprint density at radius 1 is 1.19 bits per heavy atom. The van der Waals surface area contributed by atoms with E-state index >= 15 is 0 Å². The van der Waals surface area contributed by atoms with Gasteiger partial charge in [-0.25, -0.2) is 0 Å². The Hall–Kier alpha value is -0.860. The molecular formula is C19H32N2. The Labute approximate surface area is 130 Å². The van der Waals surface area contributed by atoms with Crippen LogP contribution in [0.15, 0.2) is 30.3 Å². The van der Waals surface area contributed by atoms with Crippen LogP contribution in [0, 0.1) is 5.92 Å². The third kappa shape index (κ3) is 4.82. The second kappa shape index (κ2) is 8.55. The average molecular weight is 288 g/mol. The number of piperidine rings is 1. The van der Waals surface area contributed by atoms with E-state index in [1.54, 1.807) is 0 Å². The number of hydrogen-bond acceptors (Lipinski definition) is 2. The summed E-state index contributed by atoms with van der Waals surface area (Å²) in [5.41, 5.74) is 1.47. The van der Waals surface area contributed by atoms with Gasteiger partial charge in [0.15, 0.2) is 0 Å². The minimum absolute atomic E-state index is 0.698. The monoisotopic (exact) mass is 288 g/mol. The van der Waals surface area contributed by atoms with Gasteiger partial charge in [0, 0.05) is 12.1 Å². The molecule has 0 amide bonds. The van der Waals surface area contributed by atoms with Gasteiger partial charge in [-0.1, -0.05) is 44.2 Å². The summed E-state index contributed by atoms with van der Waals surface area (Å²) >= 11 is 0. The lowest BCUT2D eigenvalue weighted by Crippen LogP contribution is -2.53. The minimum atomic E-state index is 0.698. The van der Waals surface area contributed by atoms with Crippen molar-refractivity contribution in [3.8, 4) is 0 Å². The van der Waals surface area contributed by atoms with Gasteiger partial charge in [0.2, 0.25) is 0 Å². The second-order valence-corrected chi connectivity index (χ2v) is 6.57. The lowest BCUT2D eigenvalue weighted by atomic mass is 9.86. The van der Waals surface area contributed by atoms with Crippen LogP contribution in [0.3, 0.4) is 0 Å². The topological polar surface area (TPSA) is 15.3 Å². The fourth-order valence-corrected chi connectivity index (χ4v) is 3.50. The standard InChI is InChI=1S/C19H32N2/c1-4-13-20-19-12-15-21(17(3)16(19)2)14-8-11-18-9-6-5-7-10-18/h5-7,9-10,16-17,19-20H,4,8,11-15H2,1-3H3. The van der Waals surface area contributed by atoms with Crippen LogP contribution in [0.5, 0.6) is 0 Å². The van der Waals surface area contributed by atoms with Gasteiger partial charge in [0.25, 0.3) is 0 Å². The van der Waals surface area contributed by atoms with Gasteiger partial charge in [-0.15, -0.1) is 0 Å². The van der Waals surface area contributed by atoms with E-state index in [1.807, 2.05) is 0 Å². The zero-order valence-electron chi connectivity index (χ0n) is 14.0. The molecule has 3 unspecified atom stereocenters. The molecule has 0 spiro atoms. The molecule has 2 heteroatoms. The summed E-state index contributed by atoms with van der Waals surface area (Å²) in [6.07, 6.45) is 5.01. The maximum atomic E-state index is 3.73. The molecule has 1 aromatic carbocycles. The Bertz CT molecular complexity index is 390. The Morgan fingerprint density at radius 3 is 2.67 bits per heavy atom. The van der Waals surface area contributed by atoms with Crippen molar-refractivity contribution >= 4 is 0 Å². The maximum Gasteiger partial charge on any atom is 0.0120 e. The Kier molecular flexibility index (Phi) is 6.72. The maximum absolute atomic E-state index is 3.73. The van der Waals surface area contributed by atoms with Crippen molar-refractivity contribution in [2.45, 2.75) is 58.5 Å². The number of hydrogen-bond donors (Lipinski definition) is 1.